The minimum absolute atomic E-state index is 0.174. The predicted molar refractivity (Wildman–Crippen MR) is 75.2 cm³/mol. The largest absolute Gasteiger partial charge is 0.426 e. The molecule has 0 saturated carbocycles. The molecule has 0 atom stereocenters. The number of carbonyl (C=O) groups is 1. The van der Waals surface area contributed by atoms with Crippen molar-refractivity contribution in [2.45, 2.75) is 26.2 Å². The van der Waals surface area contributed by atoms with Crippen LogP contribution in [-0.2, 0) is 17.6 Å². The summed E-state index contributed by atoms with van der Waals surface area (Å²) in [6.45, 7) is 1.81. The Kier molecular flexibility index (Phi) is 3.08. The Hall–Kier alpha value is -2.09. The number of rotatable bonds is 2. The van der Waals surface area contributed by atoms with Crippen molar-refractivity contribution < 1.29 is 9.53 Å². The van der Waals surface area contributed by atoms with Crippen LogP contribution in [0.2, 0.25) is 0 Å². The van der Waals surface area contributed by atoms with Crippen molar-refractivity contribution in [1.82, 2.24) is 0 Å². The number of hydrogen-bond donors (Lipinski definition) is 0. The molecule has 3 rings (SSSR count). The Balaban J connectivity index is 2.08. The summed E-state index contributed by atoms with van der Waals surface area (Å²) < 4.78 is 5.44. The van der Waals surface area contributed by atoms with Crippen molar-refractivity contribution in [2.75, 3.05) is 0 Å². The lowest BCUT2D eigenvalue weighted by Gasteiger charge is -2.21. The van der Waals surface area contributed by atoms with Gasteiger partial charge in [-0.1, -0.05) is 43.3 Å². The van der Waals surface area contributed by atoms with Gasteiger partial charge in [-0.2, -0.15) is 0 Å². The van der Waals surface area contributed by atoms with Crippen LogP contribution in [0.1, 0.15) is 24.5 Å². The summed E-state index contributed by atoms with van der Waals surface area (Å²) in [5.41, 5.74) is 4.98. The second-order valence-electron chi connectivity index (χ2n) is 4.77. The SMILES string of the molecule is CCC(=O)Oc1cccc2c1CCc1ccccc1-2. The molecule has 0 unspecified atom stereocenters. The molecule has 2 nitrogen and oxygen atoms in total. The molecule has 0 heterocycles. The molecular formula is C17H16O2. The molecule has 0 bridgehead atoms. The lowest BCUT2D eigenvalue weighted by Crippen LogP contribution is -2.11. The third kappa shape index (κ3) is 2.14. The smallest absolute Gasteiger partial charge is 0.310 e. The Labute approximate surface area is 113 Å². The highest BCUT2D eigenvalue weighted by Crippen LogP contribution is 2.37. The number of ether oxygens (including phenoxy) is 1. The van der Waals surface area contributed by atoms with Crippen LogP contribution < -0.4 is 4.74 Å². The normalized spacial score (nSPS) is 12.5. The van der Waals surface area contributed by atoms with Gasteiger partial charge in [0.15, 0.2) is 0 Å². The van der Waals surface area contributed by atoms with E-state index in [0.29, 0.717) is 6.42 Å². The fourth-order valence-electron chi connectivity index (χ4n) is 2.63. The van der Waals surface area contributed by atoms with E-state index in [1.165, 1.54) is 16.7 Å². The van der Waals surface area contributed by atoms with E-state index in [2.05, 4.69) is 30.3 Å². The van der Waals surface area contributed by atoms with E-state index in [4.69, 9.17) is 4.74 Å². The van der Waals surface area contributed by atoms with Gasteiger partial charge in [-0.15, -0.1) is 0 Å². The second-order valence-corrected chi connectivity index (χ2v) is 4.77. The summed E-state index contributed by atoms with van der Waals surface area (Å²) in [5, 5.41) is 0. The van der Waals surface area contributed by atoms with E-state index in [1.54, 1.807) is 0 Å². The van der Waals surface area contributed by atoms with Gasteiger partial charge in [-0.3, -0.25) is 4.79 Å². The predicted octanol–water partition coefficient (Wildman–Crippen LogP) is 3.77. The molecule has 0 radical (unpaired) electrons. The standard InChI is InChI=1S/C17H16O2/c1-2-17(18)19-16-9-5-8-14-13-7-4-3-6-12(13)10-11-15(14)16/h3-9H,2,10-11H2,1H3. The first-order valence-electron chi connectivity index (χ1n) is 6.70. The molecule has 2 heteroatoms. The summed E-state index contributed by atoms with van der Waals surface area (Å²) >= 11 is 0. The molecule has 2 aromatic carbocycles. The molecule has 0 amide bonds. The summed E-state index contributed by atoms with van der Waals surface area (Å²) in [4.78, 5) is 11.5. The van der Waals surface area contributed by atoms with Gasteiger partial charge >= 0.3 is 5.97 Å². The van der Waals surface area contributed by atoms with E-state index >= 15 is 0 Å². The Morgan fingerprint density at radius 2 is 1.84 bits per heavy atom. The summed E-state index contributed by atoms with van der Waals surface area (Å²) in [5.74, 6) is 0.547. The fourth-order valence-corrected chi connectivity index (χ4v) is 2.63. The van der Waals surface area contributed by atoms with Crippen molar-refractivity contribution in [1.29, 1.82) is 0 Å². The molecule has 19 heavy (non-hydrogen) atoms. The zero-order valence-electron chi connectivity index (χ0n) is 11.0. The average molecular weight is 252 g/mol. The number of esters is 1. The van der Waals surface area contributed by atoms with E-state index in [1.807, 2.05) is 19.1 Å². The number of carbonyl (C=O) groups excluding carboxylic acids is 1. The third-order valence-electron chi connectivity index (χ3n) is 3.60. The topological polar surface area (TPSA) is 26.3 Å². The zero-order valence-corrected chi connectivity index (χ0v) is 11.0. The van der Waals surface area contributed by atoms with Gasteiger partial charge in [0.25, 0.3) is 0 Å². The van der Waals surface area contributed by atoms with E-state index in [0.717, 1.165) is 24.2 Å². The molecule has 0 saturated heterocycles. The highest BCUT2D eigenvalue weighted by molar-refractivity contribution is 5.78. The quantitative estimate of drug-likeness (QED) is 0.600. The van der Waals surface area contributed by atoms with E-state index < -0.39 is 0 Å². The van der Waals surface area contributed by atoms with Crippen LogP contribution in [0.25, 0.3) is 11.1 Å². The lowest BCUT2D eigenvalue weighted by atomic mass is 9.85. The van der Waals surface area contributed by atoms with Crippen LogP contribution >= 0.6 is 0 Å². The van der Waals surface area contributed by atoms with Crippen LogP contribution in [0.15, 0.2) is 42.5 Å². The van der Waals surface area contributed by atoms with Crippen LogP contribution in [-0.4, -0.2) is 5.97 Å². The maximum atomic E-state index is 11.5. The Bertz CT molecular complexity index is 629. The van der Waals surface area contributed by atoms with Gasteiger partial charge in [-0.05, 0) is 35.6 Å². The van der Waals surface area contributed by atoms with Gasteiger partial charge in [0.2, 0.25) is 0 Å². The summed E-state index contributed by atoms with van der Waals surface area (Å²) in [6.07, 6.45) is 2.34. The van der Waals surface area contributed by atoms with Crippen LogP contribution in [0.4, 0.5) is 0 Å². The fraction of sp³-hybridized carbons (Fsp3) is 0.235. The van der Waals surface area contributed by atoms with Crippen molar-refractivity contribution in [2.24, 2.45) is 0 Å². The number of aryl methyl sites for hydroxylation is 1. The highest BCUT2D eigenvalue weighted by atomic mass is 16.5. The van der Waals surface area contributed by atoms with Gasteiger partial charge in [0, 0.05) is 12.0 Å². The first kappa shape index (κ1) is 12.0. The maximum Gasteiger partial charge on any atom is 0.310 e. The van der Waals surface area contributed by atoms with Crippen molar-refractivity contribution in [3.8, 4) is 16.9 Å². The minimum atomic E-state index is -0.174. The maximum absolute atomic E-state index is 11.5. The van der Waals surface area contributed by atoms with Gasteiger partial charge in [0.1, 0.15) is 5.75 Å². The van der Waals surface area contributed by atoms with Crippen LogP contribution in [0.5, 0.6) is 5.75 Å². The van der Waals surface area contributed by atoms with E-state index in [-0.39, 0.29) is 5.97 Å². The molecule has 0 aromatic heterocycles. The molecular weight excluding hydrogens is 236 g/mol. The third-order valence-corrected chi connectivity index (χ3v) is 3.60. The first-order chi connectivity index (χ1) is 9.29. The molecule has 1 aliphatic rings. The number of hydrogen-bond acceptors (Lipinski definition) is 2. The van der Waals surface area contributed by atoms with Crippen LogP contribution in [0, 0.1) is 0 Å². The molecule has 96 valence electrons. The molecule has 0 N–H and O–H groups in total. The number of fused-ring (bicyclic) bond motifs is 3. The molecule has 2 aromatic rings. The first-order valence-corrected chi connectivity index (χ1v) is 6.70. The summed E-state index contributed by atoms with van der Waals surface area (Å²) in [6, 6.07) is 14.4. The van der Waals surface area contributed by atoms with Gasteiger partial charge in [0.05, 0.1) is 0 Å². The minimum Gasteiger partial charge on any atom is -0.426 e. The van der Waals surface area contributed by atoms with Crippen molar-refractivity contribution in [3.05, 3.63) is 53.6 Å². The monoisotopic (exact) mass is 252 g/mol. The number of benzene rings is 2. The molecule has 0 aliphatic heterocycles. The van der Waals surface area contributed by atoms with Gasteiger partial charge in [-0.25, -0.2) is 0 Å². The molecule has 0 fully saturated rings. The van der Waals surface area contributed by atoms with E-state index in [9.17, 15) is 4.79 Å². The highest BCUT2D eigenvalue weighted by Gasteiger charge is 2.19. The zero-order chi connectivity index (χ0) is 13.2. The van der Waals surface area contributed by atoms with Crippen LogP contribution in [0.3, 0.4) is 0 Å². The Morgan fingerprint density at radius 1 is 1.05 bits per heavy atom. The summed E-state index contributed by atoms with van der Waals surface area (Å²) in [7, 11) is 0. The second kappa shape index (κ2) is 4.88. The lowest BCUT2D eigenvalue weighted by molar-refractivity contribution is -0.134. The van der Waals surface area contributed by atoms with Crippen molar-refractivity contribution in [3.63, 3.8) is 0 Å². The Morgan fingerprint density at radius 3 is 2.68 bits per heavy atom. The molecule has 1 aliphatic carbocycles. The average Bonchev–Trinajstić information content (AvgIpc) is 2.47. The van der Waals surface area contributed by atoms with Crippen molar-refractivity contribution >= 4 is 5.97 Å². The van der Waals surface area contributed by atoms with Gasteiger partial charge < -0.3 is 4.74 Å². The molecule has 0 spiro atoms.